The Morgan fingerprint density at radius 1 is 1.59 bits per heavy atom. The molecule has 1 unspecified atom stereocenters. The van der Waals surface area contributed by atoms with Crippen LogP contribution >= 0.6 is 11.3 Å². The van der Waals surface area contributed by atoms with Crippen LogP contribution in [-0.4, -0.2) is 11.1 Å². The number of carbonyl (C=O) groups is 1. The Bertz CT molecular complexity index is 569. The number of benzene rings is 1. The highest BCUT2D eigenvalue weighted by Crippen LogP contribution is 2.33. The number of thiophene rings is 1. The Labute approximate surface area is 104 Å². The highest BCUT2D eigenvalue weighted by Gasteiger charge is 2.20. The lowest BCUT2D eigenvalue weighted by molar-refractivity contribution is -0.138. The number of aliphatic carboxylic acids is 1. The fourth-order valence-electron chi connectivity index (χ4n) is 1.99. The molecule has 0 saturated heterocycles. The maximum Gasteiger partial charge on any atom is 0.311 e. The molecule has 0 amide bonds. The summed E-state index contributed by atoms with van der Waals surface area (Å²) < 4.78 is 1.12. The molecule has 0 fully saturated rings. The predicted molar refractivity (Wildman–Crippen MR) is 72.6 cm³/mol. The first-order valence-corrected chi connectivity index (χ1v) is 6.41. The minimum absolute atomic E-state index is 0.404. The van der Waals surface area contributed by atoms with Crippen molar-refractivity contribution in [2.75, 3.05) is 0 Å². The Hall–Kier alpha value is -1.61. The van der Waals surface area contributed by atoms with Gasteiger partial charge in [0.1, 0.15) is 0 Å². The quantitative estimate of drug-likeness (QED) is 0.881. The van der Waals surface area contributed by atoms with E-state index in [4.69, 9.17) is 0 Å². The number of carboxylic acid groups (broad SMARTS) is 1. The fourth-order valence-corrected chi connectivity index (χ4v) is 3.05. The first kappa shape index (κ1) is 11.9. The fraction of sp³-hybridized carbons (Fsp3) is 0.214. The summed E-state index contributed by atoms with van der Waals surface area (Å²) in [5, 5.41) is 12.2. The van der Waals surface area contributed by atoms with Crippen molar-refractivity contribution < 1.29 is 9.90 Å². The van der Waals surface area contributed by atoms with E-state index in [1.165, 1.54) is 0 Å². The van der Waals surface area contributed by atoms with Gasteiger partial charge in [-0.1, -0.05) is 31.7 Å². The van der Waals surface area contributed by atoms with Gasteiger partial charge in [0.2, 0.25) is 0 Å². The SMILES string of the molecule is C=Cc1ccc2c(C(CC)C(=O)O)csc2c1. The molecule has 1 aromatic heterocycles. The van der Waals surface area contributed by atoms with Crippen LogP contribution in [0.2, 0.25) is 0 Å². The molecule has 2 aromatic rings. The van der Waals surface area contributed by atoms with E-state index in [9.17, 15) is 9.90 Å². The molecule has 0 aliphatic carbocycles. The normalized spacial score (nSPS) is 12.5. The molecule has 0 radical (unpaired) electrons. The van der Waals surface area contributed by atoms with Crippen LogP contribution < -0.4 is 0 Å². The van der Waals surface area contributed by atoms with Gasteiger partial charge in [-0.15, -0.1) is 11.3 Å². The van der Waals surface area contributed by atoms with Crippen molar-refractivity contribution in [3.8, 4) is 0 Å². The van der Waals surface area contributed by atoms with Gasteiger partial charge in [-0.3, -0.25) is 4.79 Å². The molecule has 88 valence electrons. The summed E-state index contributed by atoms with van der Waals surface area (Å²) in [6.07, 6.45) is 2.41. The molecule has 1 heterocycles. The third-order valence-corrected chi connectivity index (χ3v) is 3.91. The zero-order valence-electron chi connectivity index (χ0n) is 9.64. The van der Waals surface area contributed by atoms with Crippen LogP contribution in [0.4, 0.5) is 0 Å². The van der Waals surface area contributed by atoms with Crippen molar-refractivity contribution in [2.45, 2.75) is 19.3 Å². The topological polar surface area (TPSA) is 37.3 Å². The van der Waals surface area contributed by atoms with E-state index in [2.05, 4.69) is 6.58 Å². The maximum atomic E-state index is 11.2. The second kappa shape index (κ2) is 4.72. The molecule has 0 aliphatic rings. The second-order valence-electron chi connectivity index (χ2n) is 3.95. The van der Waals surface area contributed by atoms with Gasteiger partial charge in [-0.25, -0.2) is 0 Å². The van der Waals surface area contributed by atoms with E-state index in [1.807, 2.05) is 30.5 Å². The van der Waals surface area contributed by atoms with E-state index in [0.717, 1.165) is 21.2 Å². The van der Waals surface area contributed by atoms with E-state index in [1.54, 1.807) is 17.4 Å². The molecule has 0 spiro atoms. The van der Waals surface area contributed by atoms with Crippen molar-refractivity contribution in [3.63, 3.8) is 0 Å². The molecular weight excluding hydrogens is 232 g/mol. The van der Waals surface area contributed by atoms with Crippen molar-refractivity contribution in [2.24, 2.45) is 0 Å². The molecule has 0 saturated carbocycles. The second-order valence-corrected chi connectivity index (χ2v) is 4.86. The molecule has 17 heavy (non-hydrogen) atoms. The zero-order valence-corrected chi connectivity index (χ0v) is 10.5. The molecule has 1 N–H and O–H groups in total. The average molecular weight is 246 g/mol. The van der Waals surface area contributed by atoms with Crippen LogP contribution in [0.1, 0.15) is 30.4 Å². The van der Waals surface area contributed by atoms with Crippen molar-refractivity contribution in [1.29, 1.82) is 0 Å². The highest BCUT2D eigenvalue weighted by molar-refractivity contribution is 7.17. The molecule has 3 heteroatoms. The van der Waals surface area contributed by atoms with E-state index >= 15 is 0 Å². The van der Waals surface area contributed by atoms with Crippen LogP contribution in [0.3, 0.4) is 0 Å². The largest absolute Gasteiger partial charge is 0.481 e. The number of carboxylic acids is 1. The van der Waals surface area contributed by atoms with Gasteiger partial charge in [0.25, 0.3) is 0 Å². The van der Waals surface area contributed by atoms with Gasteiger partial charge in [0, 0.05) is 4.70 Å². The molecular formula is C14H14O2S. The summed E-state index contributed by atoms with van der Waals surface area (Å²) >= 11 is 1.59. The van der Waals surface area contributed by atoms with Gasteiger partial charge in [0.15, 0.2) is 0 Å². The maximum absolute atomic E-state index is 11.2. The summed E-state index contributed by atoms with van der Waals surface area (Å²) in [5.74, 6) is -1.15. The Morgan fingerprint density at radius 2 is 2.35 bits per heavy atom. The lowest BCUT2D eigenvalue weighted by Gasteiger charge is -2.08. The van der Waals surface area contributed by atoms with E-state index in [0.29, 0.717) is 6.42 Å². The van der Waals surface area contributed by atoms with Crippen molar-refractivity contribution >= 4 is 33.5 Å². The first-order valence-electron chi connectivity index (χ1n) is 5.53. The summed E-state index contributed by atoms with van der Waals surface area (Å²) in [5.41, 5.74) is 1.99. The van der Waals surface area contributed by atoms with Crippen LogP contribution in [0.25, 0.3) is 16.2 Å². The summed E-state index contributed by atoms with van der Waals surface area (Å²) in [4.78, 5) is 11.2. The molecule has 2 nitrogen and oxygen atoms in total. The molecule has 0 bridgehead atoms. The first-order chi connectivity index (χ1) is 8.17. The van der Waals surface area contributed by atoms with Crippen molar-refractivity contribution in [3.05, 3.63) is 41.3 Å². The Morgan fingerprint density at radius 3 is 2.94 bits per heavy atom. The van der Waals surface area contributed by atoms with Crippen LogP contribution in [0.15, 0.2) is 30.2 Å². The van der Waals surface area contributed by atoms with Crippen molar-refractivity contribution in [1.82, 2.24) is 0 Å². The number of rotatable bonds is 4. The minimum Gasteiger partial charge on any atom is -0.481 e. The summed E-state index contributed by atoms with van der Waals surface area (Å²) in [6.45, 7) is 5.64. The minimum atomic E-state index is -0.750. The molecule has 1 aromatic carbocycles. The Kier molecular flexibility index (Phi) is 3.29. The van der Waals surface area contributed by atoms with E-state index in [-0.39, 0.29) is 0 Å². The lowest BCUT2D eigenvalue weighted by atomic mass is 9.96. The van der Waals surface area contributed by atoms with Gasteiger partial charge in [0.05, 0.1) is 5.92 Å². The van der Waals surface area contributed by atoms with Gasteiger partial charge in [-0.2, -0.15) is 0 Å². The predicted octanol–water partition coefficient (Wildman–Crippen LogP) is 4.12. The average Bonchev–Trinajstić information content (AvgIpc) is 2.73. The monoisotopic (exact) mass is 246 g/mol. The molecule has 1 atom stereocenters. The number of hydrogen-bond acceptors (Lipinski definition) is 2. The zero-order chi connectivity index (χ0) is 12.4. The lowest BCUT2D eigenvalue weighted by Crippen LogP contribution is -2.09. The van der Waals surface area contributed by atoms with Crippen LogP contribution in [0.5, 0.6) is 0 Å². The van der Waals surface area contributed by atoms with E-state index < -0.39 is 11.9 Å². The van der Waals surface area contributed by atoms with Gasteiger partial charge < -0.3 is 5.11 Å². The molecule has 0 aliphatic heterocycles. The number of fused-ring (bicyclic) bond motifs is 1. The van der Waals surface area contributed by atoms with Gasteiger partial charge in [-0.05, 0) is 34.4 Å². The van der Waals surface area contributed by atoms with Gasteiger partial charge >= 0.3 is 5.97 Å². The van der Waals surface area contributed by atoms with Crippen LogP contribution in [0, 0.1) is 0 Å². The third kappa shape index (κ3) is 2.11. The standard InChI is InChI=1S/C14H14O2S/c1-3-9-5-6-11-12(8-17-13(11)7-9)10(4-2)14(15)16/h3,5-8,10H,1,4H2,2H3,(H,15,16). The molecule has 2 rings (SSSR count). The highest BCUT2D eigenvalue weighted by atomic mass is 32.1. The third-order valence-electron chi connectivity index (χ3n) is 2.95. The van der Waals surface area contributed by atoms with Crippen LogP contribution in [-0.2, 0) is 4.79 Å². The number of hydrogen-bond donors (Lipinski definition) is 1. The smallest absolute Gasteiger partial charge is 0.311 e. The summed E-state index contributed by atoms with van der Waals surface area (Å²) in [7, 11) is 0. The Balaban J connectivity index is 2.56. The summed E-state index contributed by atoms with van der Waals surface area (Å²) in [6, 6.07) is 6.01.